The molecule has 1 N–H and O–H groups in total. The van der Waals surface area contributed by atoms with E-state index < -0.39 is 24.0 Å². The number of carboxylic acid groups (broad SMARTS) is 1. The number of aliphatic carboxylic acids is 1. The van der Waals surface area contributed by atoms with Gasteiger partial charge in [0.2, 0.25) is 5.88 Å². The number of ether oxygens (including phenoxy) is 1. The van der Waals surface area contributed by atoms with Crippen LogP contribution in [0, 0.1) is 5.82 Å². The Labute approximate surface area is 170 Å². The Morgan fingerprint density at radius 3 is 2.82 bits per heavy atom. The van der Waals surface area contributed by atoms with Crippen LogP contribution in [0.25, 0.3) is 0 Å². The number of carboxylic acids is 1. The molecule has 2 aromatic rings. The number of Topliss-reactive ketones (excluding diaryl/α,β-unsaturated/α-hetero) is 1. The van der Waals surface area contributed by atoms with Gasteiger partial charge in [0.15, 0.2) is 5.78 Å². The van der Waals surface area contributed by atoms with Crippen molar-refractivity contribution in [1.82, 2.24) is 4.98 Å². The predicted molar refractivity (Wildman–Crippen MR) is 103 cm³/mol. The molecule has 0 radical (unpaired) electrons. The Morgan fingerprint density at radius 1 is 1.32 bits per heavy atom. The molecule has 1 unspecified atom stereocenters. The number of pyridine rings is 1. The zero-order chi connectivity index (χ0) is 20.3. The number of halogens is 3. The molecule has 148 valence electrons. The molecule has 9 heteroatoms. The minimum Gasteiger partial charge on any atom is -0.481 e. The monoisotopic (exact) mass is 426 g/mol. The van der Waals surface area contributed by atoms with Crippen LogP contribution in [0.3, 0.4) is 0 Å². The van der Waals surface area contributed by atoms with E-state index in [1.165, 1.54) is 12.1 Å². The summed E-state index contributed by atoms with van der Waals surface area (Å²) in [5.74, 6) is -2.63. The van der Waals surface area contributed by atoms with Gasteiger partial charge in [-0.05, 0) is 37.1 Å². The first-order valence-corrected chi connectivity index (χ1v) is 9.36. The molecule has 3 rings (SSSR count). The summed E-state index contributed by atoms with van der Waals surface area (Å²) >= 11 is 12.3. The highest BCUT2D eigenvalue weighted by molar-refractivity contribution is 6.33. The molecule has 0 bridgehead atoms. The molecule has 1 aliphatic rings. The van der Waals surface area contributed by atoms with Crippen molar-refractivity contribution in [2.75, 3.05) is 18.1 Å². The van der Waals surface area contributed by atoms with Crippen molar-refractivity contribution in [3.63, 3.8) is 0 Å². The van der Waals surface area contributed by atoms with Crippen LogP contribution in [0.4, 0.5) is 10.1 Å². The molecular formula is C19H17Cl2FN2O4. The van der Waals surface area contributed by atoms with E-state index in [2.05, 4.69) is 4.98 Å². The van der Waals surface area contributed by atoms with Crippen molar-refractivity contribution in [3.05, 3.63) is 51.9 Å². The maximum atomic E-state index is 14.5. The molecule has 6 nitrogen and oxygen atoms in total. The van der Waals surface area contributed by atoms with Crippen molar-refractivity contribution >= 4 is 40.6 Å². The molecule has 0 amide bonds. The van der Waals surface area contributed by atoms with Gasteiger partial charge in [0.1, 0.15) is 23.9 Å². The van der Waals surface area contributed by atoms with Gasteiger partial charge < -0.3 is 14.7 Å². The number of nitrogens with zero attached hydrogens (tertiary/aromatic N) is 2. The minimum atomic E-state index is -1.32. The molecule has 1 atom stereocenters. The zero-order valence-electron chi connectivity index (χ0n) is 14.7. The maximum Gasteiger partial charge on any atom is 0.311 e. The molecule has 1 aromatic heterocycles. The SMILES string of the molecule is O=C(O)CC(=O)c1cc(Cl)c(N2CCCC2COc2ncccc2Cl)cc1F. The Hall–Kier alpha value is -2.38. The van der Waals surface area contributed by atoms with Crippen molar-refractivity contribution in [1.29, 1.82) is 0 Å². The summed E-state index contributed by atoms with van der Waals surface area (Å²) in [6.45, 7) is 0.930. The average molecular weight is 427 g/mol. The van der Waals surface area contributed by atoms with Gasteiger partial charge in [0, 0.05) is 12.7 Å². The van der Waals surface area contributed by atoms with Gasteiger partial charge in [-0.1, -0.05) is 23.2 Å². The number of hydrogen-bond donors (Lipinski definition) is 1. The summed E-state index contributed by atoms with van der Waals surface area (Å²) in [4.78, 5) is 28.6. The van der Waals surface area contributed by atoms with E-state index in [-0.39, 0.29) is 23.2 Å². The fourth-order valence-corrected chi connectivity index (χ4v) is 3.63. The number of anilines is 1. The fourth-order valence-electron chi connectivity index (χ4n) is 3.18. The molecule has 2 heterocycles. The van der Waals surface area contributed by atoms with E-state index in [0.29, 0.717) is 23.1 Å². The lowest BCUT2D eigenvalue weighted by Gasteiger charge is -2.28. The van der Waals surface area contributed by atoms with E-state index in [9.17, 15) is 14.0 Å². The van der Waals surface area contributed by atoms with E-state index in [1.54, 1.807) is 18.3 Å². The second kappa shape index (κ2) is 8.75. The largest absolute Gasteiger partial charge is 0.481 e. The summed E-state index contributed by atoms with van der Waals surface area (Å²) in [7, 11) is 0. The molecule has 0 spiro atoms. The van der Waals surface area contributed by atoms with Gasteiger partial charge in [-0.15, -0.1) is 0 Å². The topological polar surface area (TPSA) is 79.7 Å². The molecular weight excluding hydrogens is 410 g/mol. The van der Waals surface area contributed by atoms with Crippen LogP contribution in [-0.2, 0) is 4.79 Å². The zero-order valence-corrected chi connectivity index (χ0v) is 16.2. The molecule has 0 saturated carbocycles. The van der Waals surface area contributed by atoms with Gasteiger partial charge in [-0.2, -0.15) is 0 Å². The molecule has 1 aliphatic heterocycles. The van der Waals surface area contributed by atoms with E-state index >= 15 is 0 Å². The Bertz CT molecular complexity index is 909. The second-order valence-corrected chi connectivity index (χ2v) is 7.18. The molecule has 28 heavy (non-hydrogen) atoms. The lowest BCUT2D eigenvalue weighted by Crippen LogP contribution is -2.34. The third-order valence-electron chi connectivity index (χ3n) is 4.47. The van der Waals surface area contributed by atoms with Crippen molar-refractivity contribution < 1.29 is 23.8 Å². The first-order valence-electron chi connectivity index (χ1n) is 8.61. The van der Waals surface area contributed by atoms with Gasteiger partial charge >= 0.3 is 5.97 Å². The highest BCUT2D eigenvalue weighted by atomic mass is 35.5. The van der Waals surface area contributed by atoms with Crippen LogP contribution >= 0.6 is 23.2 Å². The quantitative estimate of drug-likeness (QED) is 0.526. The number of ketones is 1. The average Bonchev–Trinajstić information content (AvgIpc) is 3.10. The molecule has 1 saturated heterocycles. The van der Waals surface area contributed by atoms with Crippen LogP contribution in [0.2, 0.25) is 10.0 Å². The Balaban J connectivity index is 1.78. The van der Waals surface area contributed by atoms with Crippen molar-refractivity contribution in [3.8, 4) is 5.88 Å². The van der Waals surface area contributed by atoms with Crippen LogP contribution in [-0.4, -0.2) is 41.0 Å². The second-order valence-electron chi connectivity index (χ2n) is 6.37. The summed E-state index contributed by atoms with van der Waals surface area (Å²) in [5, 5.41) is 9.31. The summed E-state index contributed by atoms with van der Waals surface area (Å²) in [6, 6.07) is 5.66. The third kappa shape index (κ3) is 4.54. The highest BCUT2D eigenvalue weighted by Crippen LogP contribution is 2.34. The van der Waals surface area contributed by atoms with Crippen LogP contribution in [0.5, 0.6) is 5.88 Å². The predicted octanol–water partition coefficient (Wildman–Crippen LogP) is 4.23. The first kappa shape index (κ1) is 20.4. The third-order valence-corrected chi connectivity index (χ3v) is 5.06. The molecule has 1 aromatic carbocycles. The standard InChI is InChI=1S/C19H17Cl2FN2O4/c20-13-4-1-5-23-19(13)28-10-11-3-2-6-24(11)16-8-15(22)12(7-14(16)21)17(25)9-18(26)27/h1,4-5,7-8,11H,2-3,6,9-10H2,(H,26,27). The maximum absolute atomic E-state index is 14.5. The van der Waals surface area contributed by atoms with E-state index in [4.69, 9.17) is 33.0 Å². The van der Waals surface area contributed by atoms with E-state index in [0.717, 1.165) is 12.8 Å². The lowest BCUT2D eigenvalue weighted by atomic mass is 10.1. The first-order chi connectivity index (χ1) is 13.4. The molecule has 0 aliphatic carbocycles. The lowest BCUT2D eigenvalue weighted by molar-refractivity contribution is -0.135. The van der Waals surface area contributed by atoms with Gasteiger partial charge in [0.05, 0.1) is 22.3 Å². The Morgan fingerprint density at radius 2 is 2.11 bits per heavy atom. The number of carbonyl (C=O) groups excluding carboxylic acids is 1. The van der Waals surface area contributed by atoms with Crippen molar-refractivity contribution in [2.45, 2.75) is 25.3 Å². The van der Waals surface area contributed by atoms with Gasteiger partial charge in [-0.3, -0.25) is 9.59 Å². The van der Waals surface area contributed by atoms with Crippen LogP contribution < -0.4 is 9.64 Å². The van der Waals surface area contributed by atoms with Crippen molar-refractivity contribution in [2.24, 2.45) is 0 Å². The number of carbonyl (C=O) groups is 2. The fraction of sp³-hybridized carbons (Fsp3) is 0.316. The normalized spacial score (nSPS) is 16.2. The number of hydrogen-bond acceptors (Lipinski definition) is 5. The number of aromatic nitrogens is 1. The van der Waals surface area contributed by atoms with Gasteiger partial charge in [-0.25, -0.2) is 9.37 Å². The molecule has 1 fully saturated rings. The summed E-state index contributed by atoms with van der Waals surface area (Å²) in [5.41, 5.74) is 0.104. The van der Waals surface area contributed by atoms with Gasteiger partial charge in [0.25, 0.3) is 0 Å². The van der Waals surface area contributed by atoms with Crippen LogP contribution in [0.15, 0.2) is 30.5 Å². The highest BCUT2D eigenvalue weighted by Gasteiger charge is 2.29. The smallest absolute Gasteiger partial charge is 0.311 e. The van der Waals surface area contributed by atoms with Crippen LogP contribution in [0.1, 0.15) is 29.6 Å². The number of rotatable bonds is 7. The summed E-state index contributed by atoms with van der Waals surface area (Å²) in [6.07, 6.45) is 2.45. The summed E-state index contributed by atoms with van der Waals surface area (Å²) < 4.78 is 20.2. The Kier molecular flexibility index (Phi) is 6.36. The van der Waals surface area contributed by atoms with E-state index in [1.807, 2.05) is 4.90 Å². The number of benzene rings is 1. The minimum absolute atomic E-state index is 0.0736.